The third kappa shape index (κ3) is 5.43. The largest absolute Gasteiger partial charge is 0.340 e. The Morgan fingerprint density at radius 1 is 1.06 bits per heavy atom. The number of benzene rings is 2. The number of amides is 1. The average Bonchev–Trinajstić information content (AvgIpc) is 3.31. The van der Waals surface area contributed by atoms with E-state index in [1.54, 1.807) is 41.3 Å². The summed E-state index contributed by atoms with van der Waals surface area (Å²) in [6.45, 7) is 0. The van der Waals surface area contributed by atoms with Crippen molar-refractivity contribution in [2.45, 2.75) is 12.8 Å². The van der Waals surface area contributed by atoms with Gasteiger partial charge in [-0.25, -0.2) is 19.0 Å². The zero-order valence-corrected chi connectivity index (χ0v) is 17.1. The first-order valence-corrected chi connectivity index (χ1v) is 9.87. The molecule has 4 rings (SSSR count). The van der Waals surface area contributed by atoms with E-state index in [-0.39, 0.29) is 17.4 Å². The van der Waals surface area contributed by atoms with Crippen LogP contribution in [0.4, 0.5) is 21.6 Å². The van der Waals surface area contributed by atoms with E-state index >= 15 is 0 Å². The van der Waals surface area contributed by atoms with Gasteiger partial charge in [0.1, 0.15) is 18.0 Å². The van der Waals surface area contributed by atoms with Gasteiger partial charge in [0, 0.05) is 36.3 Å². The number of aromatic nitrogens is 4. The maximum absolute atomic E-state index is 13.2. The minimum Gasteiger partial charge on any atom is -0.340 e. The number of hydrogen-bond acceptors (Lipinski definition) is 5. The first kappa shape index (κ1) is 20.5. The van der Waals surface area contributed by atoms with Crippen LogP contribution < -0.4 is 10.6 Å². The summed E-state index contributed by atoms with van der Waals surface area (Å²) in [6, 6.07) is 15.3. The molecule has 0 bridgehead atoms. The molecule has 0 aliphatic rings. The van der Waals surface area contributed by atoms with Crippen LogP contribution in [0.5, 0.6) is 0 Å². The van der Waals surface area contributed by atoms with Gasteiger partial charge in [-0.1, -0.05) is 17.7 Å². The van der Waals surface area contributed by atoms with Crippen molar-refractivity contribution in [3.05, 3.63) is 89.7 Å². The summed E-state index contributed by atoms with van der Waals surface area (Å²) in [7, 11) is 0. The third-order valence-corrected chi connectivity index (χ3v) is 4.75. The summed E-state index contributed by atoms with van der Waals surface area (Å²) in [5.41, 5.74) is 2.29. The number of hydrogen-bond donors (Lipinski definition) is 2. The molecule has 9 heteroatoms. The third-order valence-electron chi connectivity index (χ3n) is 4.46. The van der Waals surface area contributed by atoms with Crippen molar-refractivity contribution >= 4 is 34.7 Å². The summed E-state index contributed by atoms with van der Waals surface area (Å²) in [4.78, 5) is 20.6. The zero-order chi connectivity index (χ0) is 21.6. The van der Waals surface area contributed by atoms with E-state index in [0.717, 1.165) is 11.3 Å². The van der Waals surface area contributed by atoms with Crippen molar-refractivity contribution in [3.8, 4) is 5.82 Å². The predicted molar refractivity (Wildman–Crippen MR) is 117 cm³/mol. The number of nitrogens with one attached hydrogen (secondary N) is 2. The van der Waals surface area contributed by atoms with Crippen molar-refractivity contribution < 1.29 is 9.18 Å². The summed E-state index contributed by atoms with van der Waals surface area (Å²) in [6.07, 6.45) is 5.67. The summed E-state index contributed by atoms with van der Waals surface area (Å²) < 4.78 is 14.9. The van der Waals surface area contributed by atoms with Crippen LogP contribution >= 0.6 is 11.6 Å². The first-order valence-electron chi connectivity index (χ1n) is 9.50. The number of carbonyl (C=O) groups excluding carboxylic acids is 1. The topological polar surface area (TPSA) is 84.7 Å². The number of aryl methyl sites for hydroxylation is 1. The van der Waals surface area contributed by atoms with Crippen LogP contribution in [0.2, 0.25) is 5.02 Å². The van der Waals surface area contributed by atoms with Crippen molar-refractivity contribution in [2.75, 3.05) is 10.6 Å². The summed E-state index contributed by atoms with van der Waals surface area (Å²) >= 11 is 5.77. The zero-order valence-electron chi connectivity index (χ0n) is 16.3. The van der Waals surface area contributed by atoms with Crippen LogP contribution in [0.25, 0.3) is 5.82 Å². The Morgan fingerprint density at radius 3 is 2.61 bits per heavy atom. The van der Waals surface area contributed by atoms with Crippen LogP contribution in [0.15, 0.2) is 73.3 Å². The molecule has 0 fully saturated rings. The van der Waals surface area contributed by atoms with Gasteiger partial charge < -0.3 is 10.6 Å². The maximum Gasteiger partial charge on any atom is 0.224 e. The fourth-order valence-electron chi connectivity index (χ4n) is 2.91. The standard InChI is InChI=1S/C22H18ClFN6O/c23-18-12-15(2-8-19(18)24)3-9-22(31)29-17-6-4-16(5-7-17)28-20-13-21(26-14-25-20)30-11-1-10-27-30/h1-2,4-8,10-14H,3,9H2,(H,29,31)(H,25,26,28). The Labute approximate surface area is 182 Å². The molecular weight excluding hydrogens is 419 g/mol. The van der Waals surface area contributed by atoms with Crippen LogP contribution in [0.3, 0.4) is 0 Å². The Kier molecular flexibility index (Phi) is 6.18. The van der Waals surface area contributed by atoms with Crippen molar-refractivity contribution in [2.24, 2.45) is 0 Å². The van der Waals surface area contributed by atoms with E-state index in [1.807, 2.05) is 18.2 Å². The fourth-order valence-corrected chi connectivity index (χ4v) is 3.11. The SMILES string of the molecule is O=C(CCc1ccc(F)c(Cl)c1)Nc1ccc(Nc2cc(-n3cccn3)ncn2)cc1. The molecular formula is C22H18ClFN6O. The number of nitrogens with zero attached hydrogens (tertiary/aromatic N) is 4. The van der Waals surface area contributed by atoms with Gasteiger partial charge in [-0.2, -0.15) is 5.10 Å². The van der Waals surface area contributed by atoms with E-state index in [4.69, 9.17) is 11.6 Å². The second-order valence-electron chi connectivity index (χ2n) is 6.71. The summed E-state index contributed by atoms with van der Waals surface area (Å²) in [5.74, 6) is 0.660. The van der Waals surface area contributed by atoms with E-state index in [2.05, 4.69) is 25.7 Å². The Hall–Kier alpha value is -3.78. The molecule has 31 heavy (non-hydrogen) atoms. The molecule has 2 aromatic carbocycles. The highest BCUT2D eigenvalue weighted by Crippen LogP contribution is 2.20. The molecule has 0 radical (unpaired) electrons. The van der Waals surface area contributed by atoms with Crippen molar-refractivity contribution in [1.29, 1.82) is 0 Å². The van der Waals surface area contributed by atoms with Gasteiger partial charge in [-0.05, 0) is 54.4 Å². The van der Waals surface area contributed by atoms with Gasteiger partial charge in [0.2, 0.25) is 5.91 Å². The Balaban J connectivity index is 1.32. The van der Waals surface area contributed by atoms with E-state index in [0.29, 0.717) is 23.7 Å². The number of carbonyl (C=O) groups is 1. The van der Waals surface area contributed by atoms with Crippen LogP contribution in [-0.2, 0) is 11.2 Å². The minimum atomic E-state index is -0.469. The van der Waals surface area contributed by atoms with Gasteiger partial charge in [-0.15, -0.1) is 0 Å². The second kappa shape index (κ2) is 9.36. The van der Waals surface area contributed by atoms with Crippen LogP contribution in [0, 0.1) is 5.82 Å². The lowest BCUT2D eigenvalue weighted by Gasteiger charge is -2.09. The monoisotopic (exact) mass is 436 g/mol. The van der Waals surface area contributed by atoms with Gasteiger partial charge in [-0.3, -0.25) is 4.79 Å². The lowest BCUT2D eigenvalue weighted by molar-refractivity contribution is -0.116. The Bertz CT molecular complexity index is 1180. The van der Waals surface area contributed by atoms with Crippen LogP contribution in [0.1, 0.15) is 12.0 Å². The highest BCUT2D eigenvalue weighted by molar-refractivity contribution is 6.30. The number of halogens is 2. The highest BCUT2D eigenvalue weighted by atomic mass is 35.5. The van der Waals surface area contributed by atoms with Gasteiger partial charge in [0.15, 0.2) is 5.82 Å². The molecule has 2 N–H and O–H groups in total. The van der Waals surface area contributed by atoms with Crippen LogP contribution in [-0.4, -0.2) is 25.7 Å². The molecule has 0 spiro atoms. The summed E-state index contributed by atoms with van der Waals surface area (Å²) in [5, 5.41) is 10.2. The molecule has 1 amide bonds. The van der Waals surface area contributed by atoms with E-state index < -0.39 is 5.82 Å². The normalized spacial score (nSPS) is 10.6. The molecule has 0 saturated heterocycles. The maximum atomic E-state index is 13.2. The molecule has 0 aliphatic carbocycles. The molecule has 2 aromatic heterocycles. The molecule has 0 unspecified atom stereocenters. The quantitative estimate of drug-likeness (QED) is 0.436. The van der Waals surface area contributed by atoms with Gasteiger partial charge in [0.05, 0.1) is 5.02 Å². The Morgan fingerprint density at radius 2 is 1.87 bits per heavy atom. The number of rotatable bonds is 7. The number of anilines is 3. The van der Waals surface area contributed by atoms with E-state index in [9.17, 15) is 9.18 Å². The molecule has 0 aliphatic heterocycles. The molecule has 2 heterocycles. The minimum absolute atomic E-state index is 0.0569. The molecule has 7 nitrogen and oxygen atoms in total. The van der Waals surface area contributed by atoms with E-state index in [1.165, 1.54) is 18.5 Å². The first-order chi connectivity index (χ1) is 15.1. The fraction of sp³-hybridized carbons (Fsp3) is 0.0909. The average molecular weight is 437 g/mol. The molecule has 156 valence electrons. The predicted octanol–water partition coefficient (Wildman–Crippen LogP) is 4.77. The lowest BCUT2D eigenvalue weighted by Crippen LogP contribution is -2.12. The molecule has 0 saturated carbocycles. The van der Waals surface area contributed by atoms with Gasteiger partial charge >= 0.3 is 0 Å². The smallest absolute Gasteiger partial charge is 0.224 e. The highest BCUT2D eigenvalue weighted by Gasteiger charge is 2.07. The lowest BCUT2D eigenvalue weighted by atomic mass is 10.1. The van der Waals surface area contributed by atoms with Crippen molar-refractivity contribution in [1.82, 2.24) is 19.7 Å². The van der Waals surface area contributed by atoms with Crippen molar-refractivity contribution in [3.63, 3.8) is 0 Å². The van der Waals surface area contributed by atoms with Gasteiger partial charge in [0.25, 0.3) is 0 Å². The second-order valence-corrected chi connectivity index (χ2v) is 7.12. The molecule has 4 aromatic rings. The molecule has 0 atom stereocenters.